The summed E-state index contributed by atoms with van der Waals surface area (Å²) in [6.45, 7) is 1.67. The molecule has 0 atom stereocenters. The highest BCUT2D eigenvalue weighted by molar-refractivity contribution is 6.30. The second kappa shape index (κ2) is 8.22. The smallest absolute Gasteiger partial charge is 0.320 e. The highest BCUT2D eigenvalue weighted by Gasteiger charge is 2.12. The van der Waals surface area contributed by atoms with Crippen LogP contribution in [0.4, 0.5) is 4.39 Å². The molecule has 0 aliphatic rings. The summed E-state index contributed by atoms with van der Waals surface area (Å²) in [7, 11) is 0. The van der Waals surface area contributed by atoms with Crippen molar-refractivity contribution in [2.75, 3.05) is 0 Å². The number of nitrogens with zero attached hydrogens (tertiary/aromatic N) is 2. The van der Waals surface area contributed by atoms with Gasteiger partial charge in [-0.25, -0.2) is 4.39 Å². The Morgan fingerprint density at radius 2 is 1.79 bits per heavy atom. The molecule has 0 fully saturated rings. The van der Waals surface area contributed by atoms with Gasteiger partial charge in [-0.1, -0.05) is 29.8 Å². The van der Waals surface area contributed by atoms with Crippen LogP contribution in [0.2, 0.25) is 5.02 Å². The van der Waals surface area contributed by atoms with E-state index in [-0.39, 0.29) is 18.8 Å². The fraction of sp³-hybridized carbons (Fsp3) is 0.150. The average Bonchev–Trinajstić information content (AvgIpc) is 2.67. The van der Waals surface area contributed by atoms with Crippen molar-refractivity contribution in [1.29, 1.82) is 0 Å². The highest BCUT2D eigenvalue weighted by Crippen LogP contribution is 2.13. The predicted octanol–water partition coefficient (Wildman–Crippen LogP) is 2.42. The lowest BCUT2D eigenvalue weighted by atomic mass is 10.2. The first kappa shape index (κ1) is 19.6. The first-order valence-corrected chi connectivity index (χ1v) is 8.83. The lowest BCUT2D eigenvalue weighted by Gasteiger charge is -2.11. The van der Waals surface area contributed by atoms with Crippen LogP contribution in [0.25, 0.3) is 5.69 Å². The molecule has 1 aromatic heterocycles. The van der Waals surface area contributed by atoms with Crippen LogP contribution >= 0.6 is 11.6 Å². The van der Waals surface area contributed by atoms with Crippen LogP contribution in [-0.2, 0) is 17.9 Å². The lowest BCUT2D eigenvalue weighted by Crippen LogP contribution is -2.42. The van der Waals surface area contributed by atoms with Gasteiger partial charge >= 0.3 is 11.1 Å². The number of aryl methyl sites for hydroxylation is 1. The first-order valence-electron chi connectivity index (χ1n) is 8.45. The summed E-state index contributed by atoms with van der Waals surface area (Å²) in [6.07, 6.45) is 2.67. The predicted molar refractivity (Wildman–Crippen MR) is 104 cm³/mol. The number of nitrogens with one attached hydrogen (secondary N) is 1. The van der Waals surface area contributed by atoms with Crippen LogP contribution in [0.1, 0.15) is 11.1 Å². The molecule has 3 aromatic rings. The molecular weight excluding hydrogens is 385 g/mol. The fourth-order valence-corrected chi connectivity index (χ4v) is 2.80. The van der Waals surface area contributed by atoms with E-state index in [1.165, 1.54) is 30.6 Å². The fourth-order valence-electron chi connectivity index (χ4n) is 2.68. The molecular formula is C20H17ClFN3O3. The molecule has 0 saturated heterocycles. The molecule has 0 saturated carbocycles. The van der Waals surface area contributed by atoms with Crippen LogP contribution in [0, 0.1) is 12.7 Å². The maximum absolute atomic E-state index is 13.5. The first-order chi connectivity index (χ1) is 13.3. The zero-order valence-corrected chi connectivity index (χ0v) is 15.7. The summed E-state index contributed by atoms with van der Waals surface area (Å²) >= 11 is 5.81. The van der Waals surface area contributed by atoms with Gasteiger partial charge in [-0.05, 0) is 42.3 Å². The molecule has 1 N–H and O–H groups in total. The van der Waals surface area contributed by atoms with Crippen LogP contribution in [0.5, 0.6) is 0 Å². The summed E-state index contributed by atoms with van der Waals surface area (Å²) in [5.41, 5.74) is 0.0411. The number of carbonyl (C=O) groups excluding carboxylic acids is 1. The Balaban J connectivity index is 1.76. The quantitative estimate of drug-likeness (QED) is 0.667. The summed E-state index contributed by atoms with van der Waals surface area (Å²) in [5.74, 6) is -0.936. The van der Waals surface area contributed by atoms with Crippen molar-refractivity contribution in [2.45, 2.75) is 20.0 Å². The third-order valence-electron chi connectivity index (χ3n) is 4.21. The number of hydrogen-bond donors (Lipinski definition) is 1. The van der Waals surface area contributed by atoms with E-state index in [0.29, 0.717) is 10.6 Å². The topological polar surface area (TPSA) is 73.1 Å². The van der Waals surface area contributed by atoms with Gasteiger partial charge in [0, 0.05) is 24.0 Å². The van der Waals surface area contributed by atoms with Crippen LogP contribution in [0.15, 0.2) is 64.4 Å². The van der Waals surface area contributed by atoms with Crippen LogP contribution < -0.4 is 16.4 Å². The van der Waals surface area contributed by atoms with E-state index in [4.69, 9.17) is 11.6 Å². The number of rotatable bonds is 5. The molecule has 0 aliphatic carbocycles. The van der Waals surface area contributed by atoms with E-state index < -0.39 is 22.8 Å². The van der Waals surface area contributed by atoms with Gasteiger partial charge in [0.05, 0.1) is 5.69 Å². The van der Waals surface area contributed by atoms with E-state index in [0.717, 1.165) is 14.7 Å². The molecule has 0 spiro atoms. The van der Waals surface area contributed by atoms with E-state index in [9.17, 15) is 18.8 Å². The summed E-state index contributed by atoms with van der Waals surface area (Å²) in [6, 6.07) is 10.9. The van der Waals surface area contributed by atoms with Crippen LogP contribution in [-0.4, -0.2) is 15.0 Å². The monoisotopic (exact) mass is 401 g/mol. The summed E-state index contributed by atoms with van der Waals surface area (Å²) in [4.78, 5) is 36.9. The van der Waals surface area contributed by atoms with E-state index >= 15 is 0 Å². The largest absolute Gasteiger partial charge is 0.350 e. The molecule has 0 aliphatic heterocycles. The minimum atomic E-state index is -0.868. The lowest BCUT2D eigenvalue weighted by molar-refractivity contribution is -0.121. The van der Waals surface area contributed by atoms with Gasteiger partial charge in [-0.3, -0.25) is 23.5 Å². The van der Waals surface area contributed by atoms with Crippen molar-refractivity contribution in [3.05, 3.63) is 97.5 Å². The van der Waals surface area contributed by atoms with Crippen molar-refractivity contribution in [1.82, 2.24) is 14.5 Å². The Morgan fingerprint density at radius 3 is 2.50 bits per heavy atom. The number of hydrogen-bond acceptors (Lipinski definition) is 3. The normalized spacial score (nSPS) is 10.7. The van der Waals surface area contributed by atoms with Crippen molar-refractivity contribution >= 4 is 17.5 Å². The zero-order valence-electron chi connectivity index (χ0n) is 15.0. The maximum atomic E-state index is 13.5. The third kappa shape index (κ3) is 4.37. The number of amides is 1. The minimum Gasteiger partial charge on any atom is -0.350 e. The average molecular weight is 402 g/mol. The molecule has 1 heterocycles. The molecule has 0 radical (unpaired) electrons. The molecule has 28 heavy (non-hydrogen) atoms. The SMILES string of the molecule is Cc1ccc(F)cc1-n1ccn(CC(=O)NCc2ccc(Cl)cc2)c(=O)c1=O. The Labute approximate surface area is 164 Å². The summed E-state index contributed by atoms with van der Waals surface area (Å²) in [5, 5.41) is 3.27. The molecule has 0 bridgehead atoms. The van der Waals surface area contributed by atoms with Crippen LogP contribution in [0.3, 0.4) is 0 Å². The molecule has 0 unspecified atom stereocenters. The Morgan fingerprint density at radius 1 is 1.07 bits per heavy atom. The zero-order chi connectivity index (χ0) is 20.3. The number of aromatic nitrogens is 2. The maximum Gasteiger partial charge on any atom is 0.320 e. The van der Waals surface area contributed by atoms with Gasteiger partial charge in [0.1, 0.15) is 12.4 Å². The highest BCUT2D eigenvalue weighted by atomic mass is 35.5. The molecule has 1 amide bonds. The van der Waals surface area contributed by atoms with Gasteiger partial charge < -0.3 is 5.32 Å². The van der Waals surface area contributed by atoms with Gasteiger partial charge in [-0.2, -0.15) is 0 Å². The summed E-state index contributed by atoms with van der Waals surface area (Å²) < 4.78 is 15.6. The number of carbonyl (C=O) groups is 1. The Hall–Kier alpha value is -3.19. The second-order valence-corrected chi connectivity index (χ2v) is 6.68. The molecule has 144 valence electrons. The van der Waals surface area contributed by atoms with E-state index in [1.54, 1.807) is 31.2 Å². The van der Waals surface area contributed by atoms with Gasteiger partial charge in [0.25, 0.3) is 0 Å². The van der Waals surface area contributed by atoms with Crippen molar-refractivity contribution < 1.29 is 9.18 Å². The van der Waals surface area contributed by atoms with Crippen molar-refractivity contribution in [3.63, 3.8) is 0 Å². The van der Waals surface area contributed by atoms with Gasteiger partial charge in [-0.15, -0.1) is 0 Å². The Bertz CT molecular complexity index is 1140. The Kier molecular flexibility index (Phi) is 5.75. The minimum absolute atomic E-state index is 0.268. The molecule has 2 aromatic carbocycles. The van der Waals surface area contributed by atoms with E-state index in [2.05, 4.69) is 5.32 Å². The third-order valence-corrected chi connectivity index (χ3v) is 4.46. The number of halogens is 2. The van der Waals surface area contributed by atoms with Gasteiger partial charge in [0.15, 0.2) is 0 Å². The molecule has 3 rings (SSSR count). The second-order valence-electron chi connectivity index (χ2n) is 6.24. The van der Waals surface area contributed by atoms with E-state index in [1.807, 2.05) is 0 Å². The molecule has 6 nitrogen and oxygen atoms in total. The standard InChI is InChI=1S/C20H17ClFN3O3/c1-13-2-7-16(22)10-17(13)25-9-8-24(19(27)20(25)28)12-18(26)23-11-14-3-5-15(21)6-4-14/h2-10H,11-12H2,1H3,(H,23,26). The van der Waals surface area contributed by atoms with Crippen molar-refractivity contribution in [2.24, 2.45) is 0 Å². The van der Waals surface area contributed by atoms with Gasteiger partial charge in [0.2, 0.25) is 5.91 Å². The number of benzene rings is 2. The van der Waals surface area contributed by atoms with Crippen molar-refractivity contribution in [3.8, 4) is 5.69 Å². The molecule has 8 heteroatoms.